The number of fused-ring (bicyclic) bond motifs is 1. The predicted octanol–water partition coefficient (Wildman–Crippen LogP) is 2.57. The van der Waals surface area contributed by atoms with Crippen molar-refractivity contribution in [3.63, 3.8) is 0 Å². The van der Waals surface area contributed by atoms with Crippen molar-refractivity contribution in [3.8, 4) is 0 Å². The summed E-state index contributed by atoms with van der Waals surface area (Å²) in [5, 5.41) is 11.9. The largest absolute Gasteiger partial charge is 0.381 e. The second-order valence-corrected chi connectivity index (χ2v) is 7.48. The van der Waals surface area contributed by atoms with Crippen LogP contribution < -0.4 is 10.6 Å². The number of nitrogens with one attached hydrogen (secondary N) is 2. The molecule has 1 aliphatic rings. The van der Waals surface area contributed by atoms with Crippen molar-refractivity contribution in [3.05, 3.63) is 18.0 Å². The summed E-state index contributed by atoms with van der Waals surface area (Å²) < 4.78 is 7.29. The molecule has 3 rings (SSSR count). The minimum Gasteiger partial charge on any atom is -0.381 e. The van der Waals surface area contributed by atoms with Crippen LogP contribution in [0.1, 0.15) is 50.9 Å². The van der Waals surface area contributed by atoms with Gasteiger partial charge in [-0.2, -0.15) is 5.10 Å². The number of carbonyl (C=O) groups is 1. The number of ether oxygens (including phenoxy) is 1. The van der Waals surface area contributed by atoms with E-state index >= 15 is 0 Å². The van der Waals surface area contributed by atoms with Crippen LogP contribution in [-0.2, 0) is 11.3 Å². The number of pyridine rings is 1. The summed E-state index contributed by atoms with van der Waals surface area (Å²) in [6.45, 7) is 10.2. The van der Waals surface area contributed by atoms with E-state index in [1.807, 2.05) is 32.4 Å². The smallest absolute Gasteiger partial charge is 0.255 e. The van der Waals surface area contributed by atoms with Gasteiger partial charge in [0, 0.05) is 37.5 Å². The molecular weight excluding hydrogens is 318 g/mol. The van der Waals surface area contributed by atoms with Gasteiger partial charge in [0.2, 0.25) is 0 Å². The van der Waals surface area contributed by atoms with E-state index < -0.39 is 0 Å². The maximum atomic E-state index is 12.8. The summed E-state index contributed by atoms with van der Waals surface area (Å²) in [5.41, 5.74) is 1.86. The molecule has 0 spiro atoms. The van der Waals surface area contributed by atoms with Gasteiger partial charge in [0.25, 0.3) is 5.91 Å². The van der Waals surface area contributed by atoms with Gasteiger partial charge < -0.3 is 15.4 Å². The second kappa shape index (κ2) is 7.00. The Bertz CT molecular complexity index is 757. The minimum atomic E-state index is -0.310. The Morgan fingerprint density at radius 1 is 1.32 bits per heavy atom. The van der Waals surface area contributed by atoms with Crippen molar-refractivity contribution in [2.75, 3.05) is 18.5 Å². The monoisotopic (exact) mass is 345 g/mol. The molecule has 0 saturated carbocycles. The number of carbonyl (C=O) groups excluding carboxylic acids is 1. The highest BCUT2D eigenvalue weighted by molar-refractivity contribution is 6.06. The van der Waals surface area contributed by atoms with Crippen LogP contribution in [0.3, 0.4) is 0 Å². The molecule has 2 N–H and O–H groups in total. The van der Waals surface area contributed by atoms with Crippen molar-refractivity contribution < 1.29 is 9.53 Å². The van der Waals surface area contributed by atoms with Crippen molar-refractivity contribution in [1.29, 1.82) is 0 Å². The number of amides is 1. The quantitative estimate of drug-likeness (QED) is 0.890. The molecule has 0 bridgehead atoms. The molecule has 0 aromatic carbocycles. The van der Waals surface area contributed by atoms with Crippen LogP contribution in [0.5, 0.6) is 0 Å². The summed E-state index contributed by atoms with van der Waals surface area (Å²) >= 11 is 0. The molecule has 0 unspecified atom stereocenters. The zero-order chi connectivity index (χ0) is 18.0. The fourth-order valence-corrected chi connectivity index (χ4v) is 3.04. The molecule has 2 aromatic rings. The molecule has 7 heteroatoms. The Morgan fingerprint density at radius 2 is 2.04 bits per heavy atom. The summed E-state index contributed by atoms with van der Waals surface area (Å²) in [7, 11) is 0. The summed E-state index contributed by atoms with van der Waals surface area (Å²) in [4.78, 5) is 17.3. The lowest BCUT2D eigenvalue weighted by molar-refractivity contribution is 0.0902. The second-order valence-electron chi connectivity index (χ2n) is 7.48. The SMILES string of the molecule is CCn1ncc2c(NC3CCOCC3)c(C(=O)NC(C)(C)C)cnc21. The van der Waals surface area contributed by atoms with E-state index in [1.54, 1.807) is 12.4 Å². The van der Waals surface area contributed by atoms with E-state index in [0.29, 0.717) is 5.56 Å². The van der Waals surface area contributed by atoms with Crippen LogP contribution in [0.25, 0.3) is 11.0 Å². The van der Waals surface area contributed by atoms with Gasteiger partial charge in [-0.25, -0.2) is 9.67 Å². The molecule has 25 heavy (non-hydrogen) atoms. The van der Waals surface area contributed by atoms with Gasteiger partial charge in [0.05, 0.1) is 22.8 Å². The van der Waals surface area contributed by atoms with E-state index in [0.717, 1.165) is 49.3 Å². The highest BCUT2D eigenvalue weighted by Crippen LogP contribution is 2.28. The minimum absolute atomic E-state index is 0.124. The molecule has 0 atom stereocenters. The maximum absolute atomic E-state index is 12.8. The highest BCUT2D eigenvalue weighted by atomic mass is 16.5. The summed E-state index contributed by atoms with van der Waals surface area (Å²) in [5.74, 6) is -0.124. The number of aromatic nitrogens is 3. The van der Waals surface area contributed by atoms with E-state index in [-0.39, 0.29) is 17.5 Å². The molecule has 1 amide bonds. The van der Waals surface area contributed by atoms with Crippen molar-refractivity contribution in [1.82, 2.24) is 20.1 Å². The standard InChI is InChI=1S/C18H27N5O2/c1-5-23-16-13(11-20-23)15(21-12-6-8-25-9-7-12)14(10-19-16)17(24)22-18(2,3)4/h10-12H,5-9H2,1-4H3,(H,19,21)(H,22,24). The lowest BCUT2D eigenvalue weighted by atomic mass is 10.0. The third-order valence-corrected chi connectivity index (χ3v) is 4.27. The number of hydrogen-bond acceptors (Lipinski definition) is 5. The third-order valence-electron chi connectivity index (χ3n) is 4.27. The molecule has 136 valence electrons. The Morgan fingerprint density at radius 3 is 2.68 bits per heavy atom. The molecule has 0 radical (unpaired) electrons. The number of rotatable bonds is 4. The van der Waals surface area contributed by atoms with Crippen LogP contribution in [0.2, 0.25) is 0 Å². The van der Waals surface area contributed by atoms with Gasteiger partial charge in [-0.15, -0.1) is 0 Å². The van der Waals surface area contributed by atoms with Gasteiger partial charge in [-0.05, 0) is 40.5 Å². The van der Waals surface area contributed by atoms with Crippen molar-refractivity contribution in [2.45, 2.75) is 58.7 Å². The van der Waals surface area contributed by atoms with Crippen molar-refractivity contribution >= 4 is 22.6 Å². The zero-order valence-corrected chi connectivity index (χ0v) is 15.4. The number of nitrogens with zero attached hydrogens (tertiary/aromatic N) is 3. The van der Waals surface area contributed by atoms with E-state index in [1.165, 1.54) is 0 Å². The Hall–Kier alpha value is -2.15. The summed E-state index contributed by atoms with van der Waals surface area (Å²) in [6, 6.07) is 0.283. The summed E-state index contributed by atoms with van der Waals surface area (Å²) in [6.07, 6.45) is 5.29. The average Bonchev–Trinajstić information content (AvgIpc) is 2.98. The number of hydrogen-bond donors (Lipinski definition) is 2. The maximum Gasteiger partial charge on any atom is 0.255 e. The fourth-order valence-electron chi connectivity index (χ4n) is 3.04. The Kier molecular flexibility index (Phi) is 4.94. The van der Waals surface area contributed by atoms with E-state index in [9.17, 15) is 4.79 Å². The van der Waals surface area contributed by atoms with Gasteiger partial charge in [0.1, 0.15) is 0 Å². The van der Waals surface area contributed by atoms with Crippen LogP contribution in [0.15, 0.2) is 12.4 Å². The first-order chi connectivity index (χ1) is 11.9. The molecule has 0 aliphatic carbocycles. The van der Waals surface area contributed by atoms with Gasteiger partial charge in [-0.1, -0.05) is 0 Å². The molecule has 3 heterocycles. The number of anilines is 1. The first kappa shape index (κ1) is 17.7. The molecule has 1 aliphatic heterocycles. The first-order valence-electron chi connectivity index (χ1n) is 8.90. The predicted molar refractivity (Wildman–Crippen MR) is 97.9 cm³/mol. The van der Waals surface area contributed by atoms with E-state index in [4.69, 9.17) is 4.74 Å². The van der Waals surface area contributed by atoms with Crippen LogP contribution >= 0.6 is 0 Å². The molecule has 2 aromatic heterocycles. The zero-order valence-electron chi connectivity index (χ0n) is 15.4. The third kappa shape index (κ3) is 3.92. The Labute approximate surface area is 148 Å². The van der Waals surface area contributed by atoms with Crippen molar-refractivity contribution in [2.24, 2.45) is 0 Å². The first-order valence-corrected chi connectivity index (χ1v) is 8.90. The lowest BCUT2D eigenvalue weighted by Gasteiger charge is -2.26. The van der Waals surface area contributed by atoms with Crippen LogP contribution in [0, 0.1) is 0 Å². The van der Waals surface area contributed by atoms with Gasteiger partial charge in [-0.3, -0.25) is 4.79 Å². The lowest BCUT2D eigenvalue weighted by Crippen LogP contribution is -2.41. The van der Waals surface area contributed by atoms with Crippen LogP contribution in [0.4, 0.5) is 5.69 Å². The molecule has 1 fully saturated rings. The highest BCUT2D eigenvalue weighted by Gasteiger charge is 2.24. The molecule has 1 saturated heterocycles. The normalized spacial score (nSPS) is 16.2. The van der Waals surface area contributed by atoms with Crippen LogP contribution in [-0.4, -0.2) is 45.5 Å². The fraction of sp³-hybridized carbons (Fsp3) is 0.611. The molecular formula is C18H27N5O2. The molecule has 7 nitrogen and oxygen atoms in total. The number of aryl methyl sites for hydroxylation is 1. The van der Waals surface area contributed by atoms with Gasteiger partial charge in [0.15, 0.2) is 5.65 Å². The van der Waals surface area contributed by atoms with Gasteiger partial charge >= 0.3 is 0 Å². The average molecular weight is 345 g/mol. The Balaban J connectivity index is 2.02. The topological polar surface area (TPSA) is 81.1 Å². The van der Waals surface area contributed by atoms with E-state index in [2.05, 4.69) is 20.7 Å².